The molecule has 0 saturated carbocycles. The molecule has 0 radical (unpaired) electrons. The highest BCUT2D eigenvalue weighted by Gasteiger charge is 2.77. The molecular weight excluding hydrogens is 248 g/mol. The van der Waals surface area contributed by atoms with E-state index in [0.29, 0.717) is 0 Å². The van der Waals surface area contributed by atoms with Crippen LogP contribution >= 0.6 is 8.25 Å². The van der Waals surface area contributed by atoms with E-state index in [1.807, 2.05) is 0 Å². The van der Waals surface area contributed by atoms with Gasteiger partial charge in [0.15, 0.2) is 0 Å². The first-order valence-electron chi connectivity index (χ1n) is 2.59. The SMILES string of the molecule is O=[P+](O)OC(F)(F)C(F)(F)C(F)(F)F. The van der Waals surface area contributed by atoms with Gasteiger partial charge in [0.25, 0.3) is 0 Å². The summed E-state index contributed by atoms with van der Waals surface area (Å²) in [6.45, 7) is 0. The zero-order chi connectivity index (χ0) is 11.8. The van der Waals surface area contributed by atoms with Crippen molar-refractivity contribution < 1.29 is 44.7 Å². The highest BCUT2D eigenvalue weighted by atomic mass is 31.1. The summed E-state index contributed by atoms with van der Waals surface area (Å²) in [5.41, 5.74) is 0. The van der Waals surface area contributed by atoms with Gasteiger partial charge in [0.05, 0.1) is 0 Å². The molecule has 0 aromatic heterocycles. The van der Waals surface area contributed by atoms with Gasteiger partial charge < -0.3 is 0 Å². The molecule has 0 aliphatic rings. The average molecular weight is 249 g/mol. The fraction of sp³-hybridized carbons (Fsp3) is 1.00. The van der Waals surface area contributed by atoms with Gasteiger partial charge in [-0.15, -0.1) is 4.89 Å². The van der Waals surface area contributed by atoms with Gasteiger partial charge in [-0.05, 0) is 4.52 Å². The Labute approximate surface area is 72.4 Å². The summed E-state index contributed by atoms with van der Waals surface area (Å²) in [7, 11) is -4.28. The molecule has 0 spiro atoms. The molecule has 0 aromatic rings. The minimum Gasteiger partial charge on any atom is -0.186 e. The van der Waals surface area contributed by atoms with Crippen molar-refractivity contribution in [3.05, 3.63) is 0 Å². The summed E-state index contributed by atoms with van der Waals surface area (Å²) >= 11 is 0. The zero-order valence-electron chi connectivity index (χ0n) is 5.86. The Balaban J connectivity index is 4.97. The van der Waals surface area contributed by atoms with Crippen molar-refractivity contribution in [2.45, 2.75) is 18.2 Å². The molecule has 0 fully saturated rings. The Kier molecular flexibility index (Phi) is 3.47. The van der Waals surface area contributed by atoms with Gasteiger partial charge in [0.1, 0.15) is 0 Å². The van der Waals surface area contributed by atoms with E-state index in [9.17, 15) is 35.3 Å². The third kappa shape index (κ3) is 2.52. The molecule has 0 amide bonds. The van der Waals surface area contributed by atoms with Crippen LogP contribution in [0.2, 0.25) is 0 Å². The molecule has 3 nitrogen and oxygen atoms in total. The van der Waals surface area contributed by atoms with Crippen LogP contribution in [0, 0.1) is 0 Å². The molecular formula is C3HF7O3P+. The first kappa shape index (κ1) is 13.5. The van der Waals surface area contributed by atoms with E-state index < -0.39 is 26.5 Å². The Morgan fingerprint density at radius 1 is 1.00 bits per heavy atom. The van der Waals surface area contributed by atoms with Crippen LogP contribution in [0.1, 0.15) is 0 Å². The van der Waals surface area contributed by atoms with Crippen molar-refractivity contribution in [1.82, 2.24) is 0 Å². The molecule has 1 N–H and O–H groups in total. The molecule has 0 aliphatic heterocycles. The minimum atomic E-state index is -6.58. The first-order chi connectivity index (χ1) is 5.92. The fourth-order valence-electron chi connectivity index (χ4n) is 0.320. The van der Waals surface area contributed by atoms with Crippen LogP contribution in [-0.2, 0) is 9.09 Å². The maximum absolute atomic E-state index is 11.9. The third-order valence-corrected chi connectivity index (χ3v) is 1.30. The standard InChI is InChI=1S/C3F7O3P/c4-1(5,2(6,7)8)3(9,10)13-14(11)12/p+1. The topological polar surface area (TPSA) is 46.5 Å². The largest absolute Gasteiger partial charge is 0.701 e. The van der Waals surface area contributed by atoms with Crippen molar-refractivity contribution in [2.75, 3.05) is 0 Å². The highest BCUT2D eigenvalue weighted by molar-refractivity contribution is 7.32. The molecule has 1 atom stereocenters. The molecule has 0 aliphatic carbocycles. The van der Waals surface area contributed by atoms with Crippen LogP contribution in [0.25, 0.3) is 0 Å². The van der Waals surface area contributed by atoms with E-state index in [1.54, 1.807) is 0 Å². The van der Waals surface area contributed by atoms with E-state index in [4.69, 9.17) is 4.89 Å². The number of alkyl halides is 7. The predicted molar refractivity (Wildman–Crippen MR) is 26.9 cm³/mol. The lowest BCUT2D eigenvalue weighted by Gasteiger charge is -2.22. The lowest BCUT2D eigenvalue weighted by Crippen LogP contribution is -2.52. The summed E-state index contributed by atoms with van der Waals surface area (Å²) in [6, 6.07) is 0. The van der Waals surface area contributed by atoms with Crippen LogP contribution < -0.4 is 0 Å². The second-order valence-corrected chi connectivity index (χ2v) is 2.58. The Hall–Kier alpha value is -0.470. The second kappa shape index (κ2) is 3.59. The fourth-order valence-corrected chi connectivity index (χ4v) is 0.631. The molecule has 14 heavy (non-hydrogen) atoms. The van der Waals surface area contributed by atoms with Crippen molar-refractivity contribution in [1.29, 1.82) is 0 Å². The zero-order valence-corrected chi connectivity index (χ0v) is 6.75. The second-order valence-electron chi connectivity index (χ2n) is 1.92. The first-order valence-corrected chi connectivity index (χ1v) is 3.72. The maximum Gasteiger partial charge on any atom is 0.701 e. The van der Waals surface area contributed by atoms with E-state index in [-0.39, 0.29) is 0 Å². The quantitative estimate of drug-likeness (QED) is 0.617. The smallest absolute Gasteiger partial charge is 0.186 e. The molecule has 0 bridgehead atoms. The van der Waals surface area contributed by atoms with Gasteiger partial charge in [-0.25, -0.2) is 0 Å². The van der Waals surface area contributed by atoms with Gasteiger partial charge in [-0.3, -0.25) is 0 Å². The lowest BCUT2D eigenvalue weighted by atomic mass is 10.3. The van der Waals surface area contributed by atoms with Crippen LogP contribution in [0.3, 0.4) is 0 Å². The van der Waals surface area contributed by atoms with E-state index >= 15 is 0 Å². The Morgan fingerprint density at radius 2 is 1.36 bits per heavy atom. The highest BCUT2D eigenvalue weighted by Crippen LogP contribution is 2.49. The van der Waals surface area contributed by atoms with Crippen LogP contribution in [0.15, 0.2) is 0 Å². The molecule has 11 heteroatoms. The Morgan fingerprint density at radius 3 is 1.57 bits per heavy atom. The molecule has 0 saturated heterocycles. The molecule has 0 rings (SSSR count). The van der Waals surface area contributed by atoms with Crippen LogP contribution in [0.5, 0.6) is 0 Å². The summed E-state index contributed by atoms with van der Waals surface area (Å²) < 4.78 is 93.2. The Bertz CT molecular complexity index is 235. The molecule has 84 valence electrons. The summed E-state index contributed by atoms with van der Waals surface area (Å²) in [5, 5.41) is 0. The maximum atomic E-state index is 11.9. The molecule has 0 heterocycles. The van der Waals surface area contributed by atoms with Crippen LogP contribution in [-0.4, -0.2) is 23.1 Å². The van der Waals surface area contributed by atoms with Gasteiger partial charge in [0.2, 0.25) is 0 Å². The molecule has 1 unspecified atom stereocenters. The lowest BCUT2D eigenvalue weighted by molar-refractivity contribution is -0.403. The van der Waals surface area contributed by atoms with E-state index in [1.165, 1.54) is 0 Å². The normalized spacial score (nSPS) is 15.6. The van der Waals surface area contributed by atoms with Crippen molar-refractivity contribution in [3.63, 3.8) is 0 Å². The van der Waals surface area contributed by atoms with Crippen LogP contribution in [0.4, 0.5) is 30.7 Å². The van der Waals surface area contributed by atoms with Crippen molar-refractivity contribution >= 4 is 8.25 Å². The monoisotopic (exact) mass is 249 g/mol. The van der Waals surface area contributed by atoms with E-state index in [2.05, 4.69) is 4.52 Å². The van der Waals surface area contributed by atoms with Gasteiger partial charge in [0, 0.05) is 4.57 Å². The summed E-state index contributed by atoms with van der Waals surface area (Å²) in [5.74, 6) is -6.53. The number of halogens is 7. The summed E-state index contributed by atoms with van der Waals surface area (Å²) in [4.78, 5) is 7.62. The number of hydrogen-bond acceptors (Lipinski definition) is 2. The minimum absolute atomic E-state index is 2.29. The van der Waals surface area contributed by atoms with Gasteiger partial charge in [-0.2, -0.15) is 30.7 Å². The predicted octanol–water partition coefficient (Wildman–Crippen LogP) is 2.44. The van der Waals surface area contributed by atoms with Crippen molar-refractivity contribution in [2.24, 2.45) is 0 Å². The molecule has 0 aromatic carbocycles. The average Bonchev–Trinajstić information content (AvgIpc) is 1.80. The number of hydrogen-bond donors (Lipinski definition) is 1. The van der Waals surface area contributed by atoms with Crippen molar-refractivity contribution in [3.8, 4) is 0 Å². The number of rotatable bonds is 3. The van der Waals surface area contributed by atoms with E-state index in [0.717, 1.165) is 0 Å². The third-order valence-electron chi connectivity index (χ3n) is 0.914. The summed E-state index contributed by atoms with van der Waals surface area (Å²) in [6.07, 6.45) is -12.7. The van der Waals surface area contributed by atoms with Gasteiger partial charge in [-0.1, -0.05) is 0 Å². The van der Waals surface area contributed by atoms with Gasteiger partial charge >= 0.3 is 26.5 Å².